The molecule has 178 valence electrons. The largest absolute Gasteiger partial charge is 0.379 e. The number of morpholine rings is 1. The van der Waals surface area contributed by atoms with Crippen LogP contribution >= 0.6 is 0 Å². The molecule has 2 aromatic rings. The molecule has 0 aromatic heterocycles. The van der Waals surface area contributed by atoms with E-state index < -0.39 is 32.0 Å². The second-order valence-electron chi connectivity index (χ2n) is 8.12. The summed E-state index contributed by atoms with van der Waals surface area (Å²) in [6.45, 7) is 3.46. The van der Waals surface area contributed by atoms with Gasteiger partial charge in [0.05, 0.1) is 23.0 Å². The van der Waals surface area contributed by atoms with Gasteiger partial charge in [-0.25, -0.2) is 16.8 Å². The van der Waals surface area contributed by atoms with Crippen LogP contribution in [0.3, 0.4) is 0 Å². The van der Waals surface area contributed by atoms with Crippen molar-refractivity contribution in [3.05, 3.63) is 54.1 Å². The Morgan fingerprint density at radius 2 is 1.45 bits per heavy atom. The van der Waals surface area contributed by atoms with Gasteiger partial charge in [0.25, 0.3) is 0 Å². The number of anilines is 1. The van der Waals surface area contributed by atoms with Crippen molar-refractivity contribution in [2.75, 3.05) is 38.2 Å². The Labute approximate surface area is 194 Å². The van der Waals surface area contributed by atoms with Crippen LogP contribution in [0.5, 0.6) is 0 Å². The number of carbonyl (C=O) groups is 1. The lowest BCUT2D eigenvalue weighted by Crippen LogP contribution is -2.43. The van der Waals surface area contributed by atoms with E-state index in [0.29, 0.717) is 44.8 Å². The third-order valence-corrected chi connectivity index (χ3v) is 9.70. The number of benzene rings is 2. The van der Waals surface area contributed by atoms with E-state index in [1.807, 2.05) is 6.92 Å². The highest BCUT2D eigenvalue weighted by Crippen LogP contribution is 2.27. The standard InChI is InChI=1S/C22H27N3O6S2/c1-17-4-8-20(9-5-17)33(29,30)25-12-2-3-21(25)22(26)23-18-6-10-19(11-7-18)32(27,28)24-13-15-31-16-14-24/h4-11,21H,2-3,12-16H2,1H3,(H,23,26)/t21-/m1/s1. The smallest absolute Gasteiger partial charge is 0.243 e. The summed E-state index contributed by atoms with van der Waals surface area (Å²) in [5.41, 5.74) is 1.35. The van der Waals surface area contributed by atoms with Gasteiger partial charge in [-0.05, 0) is 56.2 Å². The minimum atomic E-state index is -3.80. The number of rotatable bonds is 6. The van der Waals surface area contributed by atoms with Gasteiger partial charge in [0, 0.05) is 25.3 Å². The van der Waals surface area contributed by atoms with Gasteiger partial charge in [-0.15, -0.1) is 0 Å². The van der Waals surface area contributed by atoms with Crippen LogP contribution in [0.1, 0.15) is 18.4 Å². The van der Waals surface area contributed by atoms with E-state index in [1.54, 1.807) is 24.3 Å². The fraction of sp³-hybridized carbons (Fsp3) is 0.409. The average molecular weight is 494 g/mol. The quantitative estimate of drug-likeness (QED) is 0.657. The Morgan fingerprint density at radius 1 is 0.879 bits per heavy atom. The van der Waals surface area contributed by atoms with Crippen LogP contribution in [-0.4, -0.2) is 70.2 Å². The molecule has 4 rings (SSSR count). The first-order chi connectivity index (χ1) is 15.7. The molecule has 2 aliphatic rings. The van der Waals surface area contributed by atoms with Gasteiger partial charge >= 0.3 is 0 Å². The highest BCUT2D eigenvalue weighted by molar-refractivity contribution is 7.89. The second kappa shape index (κ2) is 9.51. The third kappa shape index (κ3) is 4.97. The van der Waals surface area contributed by atoms with Gasteiger partial charge in [0.15, 0.2) is 0 Å². The Bertz CT molecular complexity index is 1210. The molecule has 0 bridgehead atoms. The predicted octanol–water partition coefficient (Wildman–Crippen LogP) is 1.81. The zero-order chi connectivity index (χ0) is 23.6. The summed E-state index contributed by atoms with van der Waals surface area (Å²) >= 11 is 0. The molecule has 2 aromatic carbocycles. The highest BCUT2D eigenvalue weighted by atomic mass is 32.2. The first-order valence-electron chi connectivity index (χ1n) is 10.8. The summed E-state index contributed by atoms with van der Waals surface area (Å²) in [7, 11) is -7.43. The number of hydrogen-bond acceptors (Lipinski definition) is 6. The van der Waals surface area contributed by atoms with Crippen molar-refractivity contribution in [1.82, 2.24) is 8.61 Å². The Morgan fingerprint density at radius 3 is 2.09 bits per heavy atom. The molecule has 2 saturated heterocycles. The Kier molecular flexibility index (Phi) is 6.87. The summed E-state index contributed by atoms with van der Waals surface area (Å²) < 4.78 is 59.5. The van der Waals surface area contributed by atoms with Crippen molar-refractivity contribution < 1.29 is 26.4 Å². The van der Waals surface area contributed by atoms with Gasteiger partial charge in [0.2, 0.25) is 26.0 Å². The van der Waals surface area contributed by atoms with Gasteiger partial charge in [0.1, 0.15) is 6.04 Å². The number of hydrogen-bond donors (Lipinski definition) is 1. The maximum atomic E-state index is 13.1. The highest BCUT2D eigenvalue weighted by Gasteiger charge is 2.39. The number of nitrogens with one attached hydrogen (secondary N) is 1. The Hall–Kier alpha value is -2.31. The van der Waals surface area contributed by atoms with Crippen molar-refractivity contribution in [3.63, 3.8) is 0 Å². The predicted molar refractivity (Wildman–Crippen MR) is 123 cm³/mol. The van der Waals surface area contributed by atoms with E-state index in [-0.39, 0.29) is 16.3 Å². The maximum Gasteiger partial charge on any atom is 0.243 e. The lowest BCUT2D eigenvalue weighted by molar-refractivity contribution is -0.119. The van der Waals surface area contributed by atoms with Crippen molar-refractivity contribution in [3.8, 4) is 0 Å². The molecule has 2 fully saturated rings. The van der Waals surface area contributed by atoms with E-state index >= 15 is 0 Å². The molecule has 0 radical (unpaired) electrons. The molecule has 2 aliphatic heterocycles. The molecule has 11 heteroatoms. The third-order valence-electron chi connectivity index (χ3n) is 5.86. The average Bonchev–Trinajstić information content (AvgIpc) is 3.32. The van der Waals surface area contributed by atoms with Gasteiger partial charge in [-0.1, -0.05) is 17.7 Å². The van der Waals surface area contributed by atoms with Gasteiger partial charge in [-0.3, -0.25) is 4.79 Å². The monoisotopic (exact) mass is 493 g/mol. The Balaban J connectivity index is 1.47. The number of aryl methyl sites for hydroxylation is 1. The molecule has 0 spiro atoms. The first kappa shape index (κ1) is 23.8. The molecule has 1 atom stereocenters. The molecular formula is C22H27N3O6S2. The number of carbonyl (C=O) groups excluding carboxylic acids is 1. The van der Waals surface area contributed by atoms with E-state index in [0.717, 1.165) is 5.56 Å². The number of amides is 1. The van der Waals surface area contributed by atoms with E-state index in [9.17, 15) is 21.6 Å². The van der Waals surface area contributed by atoms with Crippen LogP contribution in [0.15, 0.2) is 58.3 Å². The minimum absolute atomic E-state index is 0.131. The zero-order valence-electron chi connectivity index (χ0n) is 18.3. The molecule has 2 heterocycles. The first-order valence-corrected chi connectivity index (χ1v) is 13.6. The molecule has 0 aliphatic carbocycles. The summed E-state index contributed by atoms with van der Waals surface area (Å²) in [6, 6.07) is 11.6. The van der Waals surface area contributed by atoms with Crippen molar-refractivity contribution in [2.45, 2.75) is 35.6 Å². The molecule has 1 amide bonds. The van der Waals surface area contributed by atoms with Crippen LogP contribution in [-0.2, 0) is 29.6 Å². The summed E-state index contributed by atoms with van der Waals surface area (Å²) in [5, 5.41) is 2.73. The molecule has 33 heavy (non-hydrogen) atoms. The maximum absolute atomic E-state index is 13.1. The number of nitrogens with zero attached hydrogens (tertiary/aromatic N) is 2. The van der Waals surface area contributed by atoms with Crippen molar-refractivity contribution in [2.24, 2.45) is 0 Å². The van der Waals surface area contributed by atoms with Crippen LogP contribution < -0.4 is 5.32 Å². The van der Waals surface area contributed by atoms with E-state index in [4.69, 9.17) is 4.74 Å². The summed E-state index contributed by atoms with van der Waals surface area (Å²) in [4.78, 5) is 13.2. The number of ether oxygens (including phenoxy) is 1. The lowest BCUT2D eigenvalue weighted by Gasteiger charge is -2.26. The fourth-order valence-electron chi connectivity index (χ4n) is 4.01. The second-order valence-corrected chi connectivity index (χ2v) is 11.9. The van der Waals surface area contributed by atoms with E-state index in [2.05, 4.69) is 5.32 Å². The SMILES string of the molecule is Cc1ccc(S(=O)(=O)N2CCC[C@@H]2C(=O)Nc2ccc(S(=O)(=O)N3CCOCC3)cc2)cc1. The van der Waals surface area contributed by atoms with Gasteiger partial charge in [-0.2, -0.15) is 8.61 Å². The van der Waals surface area contributed by atoms with Gasteiger partial charge < -0.3 is 10.1 Å². The fourth-order valence-corrected chi connectivity index (χ4v) is 7.07. The minimum Gasteiger partial charge on any atom is -0.379 e. The van der Waals surface area contributed by atoms with E-state index in [1.165, 1.54) is 32.9 Å². The van der Waals surface area contributed by atoms with Crippen LogP contribution in [0.2, 0.25) is 0 Å². The molecule has 1 N–H and O–H groups in total. The van der Waals surface area contributed by atoms with Crippen molar-refractivity contribution >= 4 is 31.6 Å². The zero-order valence-corrected chi connectivity index (χ0v) is 19.9. The van der Waals surface area contributed by atoms with Crippen LogP contribution in [0.25, 0.3) is 0 Å². The topological polar surface area (TPSA) is 113 Å². The normalized spacial score (nSPS) is 20.6. The summed E-state index contributed by atoms with van der Waals surface area (Å²) in [6.07, 6.45) is 1.00. The van der Waals surface area contributed by atoms with Crippen molar-refractivity contribution in [1.29, 1.82) is 0 Å². The van der Waals surface area contributed by atoms with Crippen LogP contribution in [0.4, 0.5) is 5.69 Å². The molecule has 0 saturated carbocycles. The lowest BCUT2D eigenvalue weighted by atomic mass is 10.2. The number of sulfonamides is 2. The summed E-state index contributed by atoms with van der Waals surface area (Å²) in [5.74, 6) is -0.438. The molecule has 0 unspecified atom stereocenters. The molecular weight excluding hydrogens is 466 g/mol. The van der Waals surface area contributed by atoms with Crippen LogP contribution in [0, 0.1) is 6.92 Å². The molecule has 9 nitrogen and oxygen atoms in total.